The molecule has 1 saturated heterocycles. The van der Waals surface area contributed by atoms with E-state index in [1.807, 2.05) is 47.4 Å². The topological polar surface area (TPSA) is 58.6 Å². The van der Waals surface area contributed by atoms with Crippen LogP contribution in [0.15, 0.2) is 54.6 Å². The van der Waals surface area contributed by atoms with Crippen LogP contribution in [0.3, 0.4) is 0 Å². The van der Waals surface area contributed by atoms with Crippen molar-refractivity contribution in [3.63, 3.8) is 0 Å². The van der Waals surface area contributed by atoms with Gasteiger partial charge in [0.1, 0.15) is 5.69 Å². The van der Waals surface area contributed by atoms with Crippen molar-refractivity contribution < 1.29 is 9.53 Å². The zero-order chi connectivity index (χ0) is 19.3. The van der Waals surface area contributed by atoms with E-state index in [0.29, 0.717) is 18.7 Å². The standard InChI is InChI=1S/C22H24N4O2/c1-28-22-20(23-18-9-5-6-10-19(18)24-22)11-12-21(27)26-15-13-25(14-16-26)17-7-3-2-4-8-17/h2-10H,11-16H2,1H3. The normalized spacial score (nSPS) is 14.3. The average molecular weight is 376 g/mol. The number of hydrogen-bond acceptors (Lipinski definition) is 5. The van der Waals surface area contributed by atoms with E-state index in [4.69, 9.17) is 4.74 Å². The number of hydrogen-bond donors (Lipinski definition) is 0. The van der Waals surface area contributed by atoms with Gasteiger partial charge in [0.05, 0.1) is 18.1 Å². The first kappa shape index (κ1) is 18.2. The lowest BCUT2D eigenvalue weighted by Gasteiger charge is -2.36. The highest BCUT2D eigenvalue weighted by Crippen LogP contribution is 2.21. The molecule has 6 heteroatoms. The van der Waals surface area contributed by atoms with Crippen molar-refractivity contribution in [1.82, 2.24) is 14.9 Å². The van der Waals surface area contributed by atoms with Crippen molar-refractivity contribution in [3.8, 4) is 5.88 Å². The second kappa shape index (κ2) is 8.25. The Bertz CT molecular complexity index is 953. The lowest BCUT2D eigenvalue weighted by atomic mass is 10.2. The molecule has 1 aliphatic heterocycles. The molecule has 0 bridgehead atoms. The summed E-state index contributed by atoms with van der Waals surface area (Å²) in [5, 5.41) is 0. The van der Waals surface area contributed by atoms with Gasteiger partial charge in [-0.2, -0.15) is 0 Å². The lowest BCUT2D eigenvalue weighted by Crippen LogP contribution is -2.48. The van der Waals surface area contributed by atoms with Gasteiger partial charge < -0.3 is 14.5 Å². The molecular formula is C22H24N4O2. The van der Waals surface area contributed by atoms with E-state index in [1.165, 1.54) is 5.69 Å². The zero-order valence-corrected chi connectivity index (χ0v) is 16.0. The summed E-state index contributed by atoms with van der Waals surface area (Å²) >= 11 is 0. The second-order valence-corrected chi connectivity index (χ2v) is 6.87. The molecule has 2 heterocycles. The number of piperazine rings is 1. The van der Waals surface area contributed by atoms with Crippen LogP contribution in [0.2, 0.25) is 0 Å². The molecule has 1 aliphatic rings. The number of ether oxygens (including phenoxy) is 1. The molecule has 28 heavy (non-hydrogen) atoms. The maximum atomic E-state index is 12.7. The number of fused-ring (bicyclic) bond motifs is 1. The van der Waals surface area contributed by atoms with Crippen LogP contribution in [0.4, 0.5) is 5.69 Å². The number of carbonyl (C=O) groups is 1. The Balaban J connectivity index is 1.37. The van der Waals surface area contributed by atoms with Crippen LogP contribution in [-0.2, 0) is 11.2 Å². The first-order chi connectivity index (χ1) is 13.7. The van der Waals surface area contributed by atoms with Crippen molar-refractivity contribution >= 4 is 22.6 Å². The van der Waals surface area contributed by atoms with Gasteiger partial charge in [-0.1, -0.05) is 30.3 Å². The van der Waals surface area contributed by atoms with Crippen molar-refractivity contribution in [2.75, 3.05) is 38.2 Å². The smallest absolute Gasteiger partial charge is 0.235 e. The molecular weight excluding hydrogens is 352 g/mol. The molecule has 1 aromatic heterocycles. The Morgan fingerprint density at radius 3 is 2.25 bits per heavy atom. The molecule has 144 valence electrons. The zero-order valence-electron chi connectivity index (χ0n) is 16.0. The van der Waals surface area contributed by atoms with Crippen LogP contribution in [0.25, 0.3) is 11.0 Å². The fraction of sp³-hybridized carbons (Fsp3) is 0.318. The monoisotopic (exact) mass is 376 g/mol. The van der Waals surface area contributed by atoms with Crippen molar-refractivity contribution in [2.45, 2.75) is 12.8 Å². The number of methoxy groups -OCH3 is 1. The molecule has 0 aliphatic carbocycles. The molecule has 4 rings (SSSR count). The van der Waals surface area contributed by atoms with Crippen LogP contribution in [0.5, 0.6) is 5.88 Å². The van der Waals surface area contributed by atoms with Gasteiger partial charge in [-0.05, 0) is 24.3 Å². The van der Waals surface area contributed by atoms with Crippen molar-refractivity contribution in [1.29, 1.82) is 0 Å². The number of carbonyl (C=O) groups excluding carboxylic acids is 1. The van der Waals surface area contributed by atoms with Crippen molar-refractivity contribution in [2.24, 2.45) is 0 Å². The summed E-state index contributed by atoms with van der Waals surface area (Å²) < 4.78 is 5.39. The highest BCUT2D eigenvalue weighted by Gasteiger charge is 2.22. The summed E-state index contributed by atoms with van der Waals surface area (Å²) in [4.78, 5) is 26.1. The third-order valence-electron chi connectivity index (χ3n) is 5.13. The van der Waals surface area contributed by atoms with E-state index in [0.717, 1.165) is 42.9 Å². The van der Waals surface area contributed by atoms with E-state index in [2.05, 4.69) is 27.0 Å². The molecule has 3 aromatic rings. The fourth-order valence-electron chi connectivity index (χ4n) is 3.58. The maximum Gasteiger partial charge on any atom is 0.235 e. The number of aromatic nitrogens is 2. The highest BCUT2D eigenvalue weighted by molar-refractivity contribution is 5.77. The fourth-order valence-corrected chi connectivity index (χ4v) is 3.58. The number of amides is 1. The average Bonchev–Trinajstić information content (AvgIpc) is 2.77. The molecule has 2 aromatic carbocycles. The van der Waals surface area contributed by atoms with Crippen molar-refractivity contribution in [3.05, 3.63) is 60.3 Å². The Hall–Kier alpha value is -3.15. The third-order valence-corrected chi connectivity index (χ3v) is 5.13. The van der Waals surface area contributed by atoms with Crippen LogP contribution in [-0.4, -0.2) is 54.1 Å². The van der Waals surface area contributed by atoms with Gasteiger partial charge in [0.25, 0.3) is 0 Å². The Morgan fingerprint density at radius 1 is 0.929 bits per heavy atom. The summed E-state index contributed by atoms with van der Waals surface area (Å²) in [6, 6.07) is 18.0. The summed E-state index contributed by atoms with van der Waals surface area (Å²) in [5.41, 5.74) is 3.57. The summed E-state index contributed by atoms with van der Waals surface area (Å²) in [5.74, 6) is 0.658. The van der Waals surface area contributed by atoms with E-state index in [1.54, 1.807) is 7.11 Å². The molecule has 0 spiro atoms. The number of nitrogens with zero attached hydrogens (tertiary/aromatic N) is 4. The quantitative estimate of drug-likeness (QED) is 0.685. The SMILES string of the molecule is COc1nc2ccccc2nc1CCC(=O)N1CCN(c2ccccc2)CC1. The molecule has 1 fully saturated rings. The van der Waals surface area contributed by atoms with Crippen LogP contribution < -0.4 is 9.64 Å². The molecule has 0 saturated carbocycles. The summed E-state index contributed by atoms with van der Waals surface area (Å²) in [6.45, 7) is 3.20. The van der Waals surface area contributed by atoms with Gasteiger partial charge in [0, 0.05) is 44.7 Å². The lowest BCUT2D eigenvalue weighted by molar-refractivity contribution is -0.131. The second-order valence-electron chi connectivity index (χ2n) is 6.87. The highest BCUT2D eigenvalue weighted by atomic mass is 16.5. The number of benzene rings is 2. The minimum Gasteiger partial charge on any atom is -0.480 e. The van der Waals surface area contributed by atoms with Gasteiger partial charge in [-0.3, -0.25) is 4.79 Å². The predicted octanol–water partition coefficient (Wildman–Crippen LogP) is 2.92. The van der Waals surface area contributed by atoms with Crippen LogP contribution >= 0.6 is 0 Å². The summed E-state index contributed by atoms with van der Waals surface area (Å²) in [7, 11) is 1.59. The molecule has 6 nitrogen and oxygen atoms in total. The third kappa shape index (κ3) is 3.91. The Labute approximate surface area is 164 Å². The minimum atomic E-state index is 0.157. The van der Waals surface area contributed by atoms with E-state index in [9.17, 15) is 4.79 Å². The van der Waals surface area contributed by atoms with E-state index >= 15 is 0 Å². The molecule has 0 atom stereocenters. The molecule has 0 radical (unpaired) electrons. The molecule has 0 N–H and O–H groups in total. The van der Waals surface area contributed by atoms with Crippen LogP contribution in [0.1, 0.15) is 12.1 Å². The van der Waals surface area contributed by atoms with Gasteiger partial charge >= 0.3 is 0 Å². The first-order valence-electron chi connectivity index (χ1n) is 9.62. The largest absolute Gasteiger partial charge is 0.480 e. The minimum absolute atomic E-state index is 0.157. The number of rotatable bonds is 5. The molecule has 0 unspecified atom stereocenters. The van der Waals surface area contributed by atoms with E-state index < -0.39 is 0 Å². The van der Waals surface area contributed by atoms with Gasteiger partial charge in [-0.25, -0.2) is 9.97 Å². The van der Waals surface area contributed by atoms with Gasteiger partial charge in [0.15, 0.2) is 0 Å². The number of anilines is 1. The Morgan fingerprint density at radius 2 is 1.57 bits per heavy atom. The summed E-state index contributed by atoms with van der Waals surface area (Å²) in [6.07, 6.45) is 0.938. The number of para-hydroxylation sites is 3. The Kier molecular flexibility index (Phi) is 5.37. The maximum absolute atomic E-state index is 12.7. The first-order valence-corrected chi connectivity index (χ1v) is 9.62. The van der Waals surface area contributed by atoms with Crippen LogP contribution in [0, 0.1) is 0 Å². The predicted molar refractivity (Wildman–Crippen MR) is 110 cm³/mol. The van der Waals surface area contributed by atoms with Gasteiger partial charge in [0.2, 0.25) is 11.8 Å². The number of aryl methyl sites for hydroxylation is 1. The van der Waals surface area contributed by atoms with E-state index in [-0.39, 0.29) is 5.91 Å². The van der Waals surface area contributed by atoms with Gasteiger partial charge in [-0.15, -0.1) is 0 Å². The molecule has 1 amide bonds.